The molecule has 1 saturated carbocycles. The summed E-state index contributed by atoms with van der Waals surface area (Å²) in [6, 6.07) is 23.1. The van der Waals surface area contributed by atoms with Gasteiger partial charge in [0.05, 0.1) is 11.4 Å². The third-order valence-corrected chi connectivity index (χ3v) is 9.47. The number of hydrogen-bond donors (Lipinski definition) is 0. The van der Waals surface area contributed by atoms with Crippen LogP contribution in [0, 0.1) is 5.92 Å². The largest absolute Gasteiger partial charge is 0.340 e. The van der Waals surface area contributed by atoms with Gasteiger partial charge in [-0.1, -0.05) is 48.4 Å². The Hall–Kier alpha value is -3.19. The summed E-state index contributed by atoms with van der Waals surface area (Å²) in [5, 5.41) is 1.99. The lowest BCUT2D eigenvalue weighted by atomic mass is 9.84. The van der Waals surface area contributed by atoms with E-state index in [1.807, 2.05) is 23.5 Å². The number of piperazine rings is 1. The number of fused-ring (bicyclic) bond motifs is 2. The van der Waals surface area contributed by atoms with Gasteiger partial charge in [0.25, 0.3) is 0 Å². The summed E-state index contributed by atoms with van der Waals surface area (Å²) in [6.45, 7) is 4.13. The summed E-state index contributed by atoms with van der Waals surface area (Å²) in [5.74, 6) is 0.629. The molecular weight excluding hydrogens is 512 g/mol. The van der Waals surface area contributed by atoms with Crippen molar-refractivity contribution < 1.29 is 4.79 Å². The monoisotopic (exact) mass is 540 g/mol. The van der Waals surface area contributed by atoms with Gasteiger partial charge in [0.15, 0.2) is 0 Å². The number of pyridine rings is 1. The highest BCUT2D eigenvalue weighted by atomic mass is 35.5. The molecule has 1 aliphatic carbocycles. The van der Waals surface area contributed by atoms with Crippen LogP contribution in [0.25, 0.3) is 37.4 Å². The Morgan fingerprint density at radius 2 is 1.71 bits per heavy atom. The van der Waals surface area contributed by atoms with Crippen molar-refractivity contribution in [1.82, 2.24) is 19.2 Å². The van der Waals surface area contributed by atoms with Gasteiger partial charge in [-0.05, 0) is 54.6 Å². The van der Waals surface area contributed by atoms with Gasteiger partial charge in [-0.3, -0.25) is 9.69 Å². The SMILES string of the molecule is O=C(C1CCC1)N1CCN(Cc2c(-c3ccc(Cl)cc3)nc3ccc(-c4cc5ccccc5s4)cn23)CC1. The van der Waals surface area contributed by atoms with Crippen LogP contribution in [0.2, 0.25) is 5.02 Å². The molecule has 1 saturated heterocycles. The summed E-state index contributed by atoms with van der Waals surface area (Å²) < 4.78 is 3.56. The Kier molecular flexibility index (Phi) is 6.19. The number of benzene rings is 2. The molecular formula is C31H29ClN4OS. The molecule has 2 aliphatic rings. The van der Waals surface area contributed by atoms with Crippen LogP contribution in [0.15, 0.2) is 72.9 Å². The molecule has 5 nitrogen and oxygen atoms in total. The Morgan fingerprint density at radius 1 is 0.947 bits per heavy atom. The second-order valence-electron chi connectivity index (χ2n) is 10.4. The topological polar surface area (TPSA) is 40.9 Å². The lowest BCUT2D eigenvalue weighted by Crippen LogP contribution is -2.50. The van der Waals surface area contributed by atoms with E-state index in [9.17, 15) is 4.79 Å². The molecule has 2 fully saturated rings. The second-order valence-corrected chi connectivity index (χ2v) is 12.0. The molecule has 0 unspecified atom stereocenters. The molecule has 0 radical (unpaired) electrons. The van der Waals surface area contributed by atoms with Crippen molar-refractivity contribution >= 4 is 44.6 Å². The number of halogens is 1. The van der Waals surface area contributed by atoms with Crippen molar-refractivity contribution in [3.63, 3.8) is 0 Å². The van der Waals surface area contributed by atoms with E-state index >= 15 is 0 Å². The molecule has 0 N–H and O–H groups in total. The molecule has 4 heterocycles. The van der Waals surface area contributed by atoms with E-state index in [0.29, 0.717) is 5.91 Å². The first kappa shape index (κ1) is 23.9. The van der Waals surface area contributed by atoms with E-state index in [1.165, 1.54) is 32.6 Å². The number of aromatic nitrogens is 2. The van der Waals surface area contributed by atoms with Gasteiger partial charge in [0.2, 0.25) is 5.91 Å². The Labute approximate surface area is 231 Å². The normalized spacial score (nSPS) is 16.8. The quantitative estimate of drug-likeness (QED) is 0.241. The molecule has 1 aliphatic heterocycles. The third kappa shape index (κ3) is 4.41. The minimum Gasteiger partial charge on any atom is -0.340 e. The molecule has 38 heavy (non-hydrogen) atoms. The maximum Gasteiger partial charge on any atom is 0.225 e. The Morgan fingerprint density at radius 3 is 2.45 bits per heavy atom. The third-order valence-electron chi connectivity index (χ3n) is 8.06. The number of nitrogens with zero attached hydrogens (tertiary/aromatic N) is 4. The van der Waals surface area contributed by atoms with Gasteiger partial charge in [0, 0.05) is 70.6 Å². The number of carbonyl (C=O) groups excluding carboxylic acids is 1. The first-order valence-electron chi connectivity index (χ1n) is 13.4. The second kappa shape index (κ2) is 9.84. The zero-order valence-corrected chi connectivity index (χ0v) is 22.7. The van der Waals surface area contributed by atoms with Crippen molar-refractivity contribution in [3.8, 4) is 21.7 Å². The lowest BCUT2D eigenvalue weighted by Gasteiger charge is -2.38. The van der Waals surface area contributed by atoms with E-state index in [1.54, 1.807) is 0 Å². The van der Waals surface area contributed by atoms with Gasteiger partial charge in [-0.15, -0.1) is 11.3 Å². The van der Waals surface area contributed by atoms with Gasteiger partial charge >= 0.3 is 0 Å². The molecule has 0 spiro atoms. The van der Waals surface area contributed by atoms with Crippen molar-refractivity contribution in [2.75, 3.05) is 26.2 Å². The first-order chi connectivity index (χ1) is 18.6. The molecule has 2 aromatic carbocycles. The summed E-state index contributed by atoms with van der Waals surface area (Å²) in [7, 11) is 0. The summed E-state index contributed by atoms with van der Waals surface area (Å²) >= 11 is 8.03. The zero-order chi connectivity index (χ0) is 25.6. The van der Waals surface area contributed by atoms with Crippen LogP contribution in [0.4, 0.5) is 0 Å². The number of thiophene rings is 1. The van der Waals surface area contributed by atoms with E-state index in [2.05, 4.69) is 75.0 Å². The first-order valence-corrected chi connectivity index (χ1v) is 14.6. The van der Waals surface area contributed by atoms with Crippen LogP contribution in [0.5, 0.6) is 0 Å². The number of carbonyl (C=O) groups is 1. The predicted octanol–water partition coefficient (Wildman–Crippen LogP) is 6.98. The fraction of sp³-hybridized carbons (Fsp3) is 0.290. The average molecular weight is 541 g/mol. The van der Waals surface area contributed by atoms with E-state index in [0.717, 1.165) is 67.5 Å². The van der Waals surface area contributed by atoms with Crippen molar-refractivity contribution in [2.45, 2.75) is 25.8 Å². The van der Waals surface area contributed by atoms with Gasteiger partial charge in [-0.25, -0.2) is 4.98 Å². The summed E-state index contributed by atoms with van der Waals surface area (Å²) in [6.07, 6.45) is 5.56. The van der Waals surface area contributed by atoms with E-state index in [4.69, 9.17) is 16.6 Å². The van der Waals surface area contributed by atoms with Crippen LogP contribution in [0.1, 0.15) is 25.0 Å². The van der Waals surface area contributed by atoms with Crippen LogP contribution in [0.3, 0.4) is 0 Å². The van der Waals surface area contributed by atoms with Gasteiger partial charge < -0.3 is 9.30 Å². The molecule has 192 valence electrons. The Bertz CT molecular complexity index is 1590. The highest BCUT2D eigenvalue weighted by Gasteiger charge is 2.31. The van der Waals surface area contributed by atoms with Crippen molar-refractivity contribution in [2.24, 2.45) is 5.92 Å². The lowest BCUT2D eigenvalue weighted by molar-refractivity contribution is -0.140. The van der Waals surface area contributed by atoms with Gasteiger partial charge in [-0.2, -0.15) is 0 Å². The highest BCUT2D eigenvalue weighted by molar-refractivity contribution is 7.22. The maximum absolute atomic E-state index is 12.8. The molecule has 1 amide bonds. The summed E-state index contributed by atoms with van der Waals surface area (Å²) in [5.41, 5.74) is 5.35. The minimum absolute atomic E-state index is 0.268. The fourth-order valence-corrected chi connectivity index (χ4v) is 6.78. The molecule has 0 atom stereocenters. The van der Waals surface area contributed by atoms with Crippen LogP contribution >= 0.6 is 22.9 Å². The predicted molar refractivity (Wildman–Crippen MR) is 156 cm³/mol. The molecule has 7 rings (SSSR count). The number of imidazole rings is 1. The number of hydrogen-bond acceptors (Lipinski definition) is 4. The fourth-order valence-electron chi connectivity index (χ4n) is 5.60. The van der Waals surface area contributed by atoms with Crippen molar-refractivity contribution in [1.29, 1.82) is 0 Å². The standard InChI is InChI=1S/C31H29ClN4OS/c32-25-11-8-21(9-12-25)30-26(20-34-14-16-35(17-15-34)31(37)22-5-3-6-22)36-19-24(10-13-29(36)33-30)28-18-23-4-1-2-7-27(23)38-28/h1-2,4,7-13,18-19,22H,3,5-6,14-17,20H2. The summed E-state index contributed by atoms with van der Waals surface area (Å²) in [4.78, 5) is 23.6. The van der Waals surface area contributed by atoms with E-state index in [-0.39, 0.29) is 5.92 Å². The average Bonchev–Trinajstić information content (AvgIpc) is 3.50. The minimum atomic E-state index is 0.268. The number of rotatable bonds is 5. The maximum atomic E-state index is 12.8. The van der Waals surface area contributed by atoms with Crippen LogP contribution < -0.4 is 0 Å². The van der Waals surface area contributed by atoms with Crippen molar-refractivity contribution in [3.05, 3.63) is 83.6 Å². The molecule has 5 aromatic rings. The number of amides is 1. The van der Waals surface area contributed by atoms with Crippen LogP contribution in [-0.4, -0.2) is 51.3 Å². The smallest absolute Gasteiger partial charge is 0.225 e. The van der Waals surface area contributed by atoms with Gasteiger partial charge in [0.1, 0.15) is 5.65 Å². The Balaban J connectivity index is 1.23. The molecule has 0 bridgehead atoms. The van der Waals surface area contributed by atoms with Crippen LogP contribution in [-0.2, 0) is 11.3 Å². The highest BCUT2D eigenvalue weighted by Crippen LogP contribution is 2.35. The zero-order valence-electron chi connectivity index (χ0n) is 21.1. The van der Waals surface area contributed by atoms with E-state index < -0.39 is 0 Å². The molecule has 7 heteroatoms. The molecule has 3 aromatic heterocycles.